The third kappa shape index (κ3) is 4.21. The van der Waals surface area contributed by atoms with Gasteiger partial charge in [0.2, 0.25) is 5.91 Å². The van der Waals surface area contributed by atoms with Crippen molar-refractivity contribution in [2.75, 3.05) is 31.6 Å². The second-order valence-electron chi connectivity index (χ2n) is 6.30. The number of amides is 1. The van der Waals surface area contributed by atoms with E-state index < -0.39 is 0 Å². The van der Waals surface area contributed by atoms with E-state index in [4.69, 9.17) is 4.74 Å². The summed E-state index contributed by atoms with van der Waals surface area (Å²) in [5.41, 5.74) is 1.21. The van der Waals surface area contributed by atoms with E-state index in [1.54, 1.807) is 18.2 Å². The molecule has 9 heteroatoms. The molecule has 0 atom stereocenters. The highest BCUT2D eigenvalue weighted by Gasteiger charge is 2.15. The molecule has 0 unspecified atom stereocenters. The van der Waals surface area contributed by atoms with Crippen molar-refractivity contribution in [1.29, 1.82) is 0 Å². The fourth-order valence-electron chi connectivity index (χ4n) is 3.05. The molecule has 0 bridgehead atoms. The van der Waals surface area contributed by atoms with Crippen LogP contribution in [-0.4, -0.2) is 52.3 Å². The molecular weight excluding hydrogens is 366 g/mol. The van der Waals surface area contributed by atoms with E-state index in [0.717, 1.165) is 38.5 Å². The van der Waals surface area contributed by atoms with Gasteiger partial charge < -0.3 is 10.1 Å². The van der Waals surface area contributed by atoms with Crippen molar-refractivity contribution in [2.24, 2.45) is 0 Å². The Labute approximate surface area is 159 Å². The standard InChI is InChI=1S/C18H19N5O3S/c24-16(9-15-13-3-1-2-4-14(13)17(25)22-21-15)20-18-19-12(11-27-18)10-23-5-7-26-8-6-23/h1-4,11H,5-10H2,(H,22,25)(H,19,20,24). The molecule has 1 saturated heterocycles. The number of hydrogen-bond donors (Lipinski definition) is 2. The average Bonchev–Trinajstić information content (AvgIpc) is 3.12. The molecule has 27 heavy (non-hydrogen) atoms. The number of fused-ring (bicyclic) bond motifs is 1. The number of carbonyl (C=O) groups excluding carboxylic acids is 1. The minimum atomic E-state index is -0.262. The molecule has 1 aliphatic heterocycles. The first-order chi connectivity index (χ1) is 13.2. The van der Waals surface area contributed by atoms with Gasteiger partial charge in [0.05, 0.1) is 36.4 Å². The van der Waals surface area contributed by atoms with Crippen molar-refractivity contribution < 1.29 is 9.53 Å². The minimum absolute atomic E-state index is 0.0651. The lowest BCUT2D eigenvalue weighted by Gasteiger charge is -2.25. The van der Waals surface area contributed by atoms with E-state index >= 15 is 0 Å². The van der Waals surface area contributed by atoms with Gasteiger partial charge in [0, 0.05) is 30.4 Å². The summed E-state index contributed by atoms with van der Waals surface area (Å²) in [6.07, 6.45) is 0.0651. The lowest BCUT2D eigenvalue weighted by atomic mass is 10.1. The summed E-state index contributed by atoms with van der Waals surface area (Å²) in [7, 11) is 0. The summed E-state index contributed by atoms with van der Waals surface area (Å²) in [5.74, 6) is -0.216. The molecule has 0 aliphatic carbocycles. The second kappa shape index (κ2) is 7.95. The molecule has 0 spiro atoms. The van der Waals surface area contributed by atoms with Gasteiger partial charge in [-0.3, -0.25) is 14.5 Å². The fraction of sp³-hybridized carbons (Fsp3) is 0.333. The van der Waals surface area contributed by atoms with E-state index in [1.807, 2.05) is 11.4 Å². The van der Waals surface area contributed by atoms with Crippen LogP contribution >= 0.6 is 11.3 Å². The van der Waals surface area contributed by atoms with E-state index in [0.29, 0.717) is 21.6 Å². The average molecular weight is 385 g/mol. The summed E-state index contributed by atoms with van der Waals surface area (Å²) in [6.45, 7) is 4.03. The molecular formula is C18H19N5O3S. The molecule has 8 nitrogen and oxygen atoms in total. The zero-order valence-corrected chi connectivity index (χ0v) is 15.4. The third-order valence-corrected chi connectivity index (χ3v) is 5.20. The molecule has 1 aliphatic rings. The maximum atomic E-state index is 12.4. The number of morpholine rings is 1. The van der Waals surface area contributed by atoms with Gasteiger partial charge in [-0.2, -0.15) is 5.10 Å². The molecule has 3 aromatic rings. The van der Waals surface area contributed by atoms with Crippen LogP contribution in [-0.2, 0) is 22.5 Å². The number of aromatic amines is 1. The van der Waals surface area contributed by atoms with Crippen molar-refractivity contribution >= 4 is 33.1 Å². The number of H-pyrrole nitrogens is 1. The van der Waals surface area contributed by atoms with Crippen LogP contribution in [0.25, 0.3) is 10.8 Å². The second-order valence-corrected chi connectivity index (χ2v) is 7.16. The van der Waals surface area contributed by atoms with Gasteiger partial charge in [0.1, 0.15) is 0 Å². The van der Waals surface area contributed by atoms with Crippen LogP contribution in [0.1, 0.15) is 11.4 Å². The van der Waals surface area contributed by atoms with Crippen molar-refractivity contribution in [3.63, 3.8) is 0 Å². The van der Waals surface area contributed by atoms with Gasteiger partial charge in [0.15, 0.2) is 5.13 Å². The summed E-state index contributed by atoms with van der Waals surface area (Å²) < 4.78 is 5.35. The normalized spacial score (nSPS) is 15.1. The number of anilines is 1. The van der Waals surface area contributed by atoms with Gasteiger partial charge in [-0.1, -0.05) is 18.2 Å². The topological polar surface area (TPSA) is 100 Å². The number of aromatic nitrogens is 3. The highest BCUT2D eigenvalue weighted by Crippen LogP contribution is 2.18. The Kier molecular flexibility index (Phi) is 5.23. The van der Waals surface area contributed by atoms with E-state index in [9.17, 15) is 9.59 Å². The zero-order valence-electron chi connectivity index (χ0n) is 14.6. The zero-order chi connectivity index (χ0) is 18.6. The van der Waals surface area contributed by atoms with Gasteiger partial charge >= 0.3 is 0 Å². The number of ether oxygens (including phenoxy) is 1. The van der Waals surface area contributed by atoms with Crippen LogP contribution in [0.5, 0.6) is 0 Å². The number of nitrogens with zero attached hydrogens (tertiary/aromatic N) is 3. The molecule has 3 heterocycles. The van der Waals surface area contributed by atoms with Crippen LogP contribution in [0, 0.1) is 0 Å². The molecule has 4 rings (SSSR count). The van der Waals surface area contributed by atoms with Crippen LogP contribution in [0.15, 0.2) is 34.4 Å². The Morgan fingerprint density at radius 3 is 2.85 bits per heavy atom. The van der Waals surface area contributed by atoms with Crippen molar-refractivity contribution in [1.82, 2.24) is 20.1 Å². The van der Waals surface area contributed by atoms with Crippen LogP contribution in [0.4, 0.5) is 5.13 Å². The first kappa shape index (κ1) is 17.8. The first-order valence-corrected chi connectivity index (χ1v) is 9.57. The number of nitrogens with one attached hydrogen (secondary N) is 2. The maximum absolute atomic E-state index is 12.4. The first-order valence-electron chi connectivity index (χ1n) is 8.70. The van der Waals surface area contributed by atoms with E-state index in [2.05, 4.69) is 25.4 Å². The largest absolute Gasteiger partial charge is 0.379 e. The Morgan fingerprint density at radius 1 is 1.26 bits per heavy atom. The quantitative estimate of drug-likeness (QED) is 0.689. The Bertz CT molecular complexity index is 1010. The molecule has 1 aromatic carbocycles. The Balaban J connectivity index is 1.41. The van der Waals surface area contributed by atoms with E-state index in [-0.39, 0.29) is 17.9 Å². The summed E-state index contributed by atoms with van der Waals surface area (Å²) in [6, 6.07) is 7.12. The lowest BCUT2D eigenvalue weighted by Crippen LogP contribution is -2.35. The molecule has 140 valence electrons. The predicted molar refractivity (Wildman–Crippen MR) is 103 cm³/mol. The lowest BCUT2D eigenvalue weighted by molar-refractivity contribution is -0.115. The smallest absolute Gasteiger partial charge is 0.272 e. The molecule has 2 N–H and O–H groups in total. The molecule has 2 aromatic heterocycles. The molecule has 0 saturated carbocycles. The van der Waals surface area contributed by atoms with Crippen molar-refractivity contribution in [3.8, 4) is 0 Å². The molecule has 1 amide bonds. The van der Waals surface area contributed by atoms with Crippen LogP contribution in [0.2, 0.25) is 0 Å². The predicted octanol–water partition coefficient (Wildman–Crippen LogP) is 1.39. The van der Waals surface area contributed by atoms with Gasteiger partial charge in [0.25, 0.3) is 5.56 Å². The monoisotopic (exact) mass is 385 g/mol. The summed E-state index contributed by atoms with van der Waals surface area (Å²) in [5, 5.41) is 13.0. The van der Waals surface area contributed by atoms with Crippen molar-refractivity contribution in [3.05, 3.63) is 51.4 Å². The Hall–Kier alpha value is -2.62. The fourth-order valence-corrected chi connectivity index (χ4v) is 3.76. The Morgan fingerprint density at radius 2 is 2.04 bits per heavy atom. The van der Waals surface area contributed by atoms with Crippen LogP contribution < -0.4 is 10.9 Å². The molecule has 0 radical (unpaired) electrons. The number of benzene rings is 1. The SMILES string of the molecule is O=C(Cc1n[nH]c(=O)c2ccccc12)Nc1nc(CN2CCOCC2)cs1. The molecule has 1 fully saturated rings. The number of hydrogen-bond acceptors (Lipinski definition) is 7. The summed E-state index contributed by atoms with van der Waals surface area (Å²) >= 11 is 1.40. The minimum Gasteiger partial charge on any atom is -0.379 e. The third-order valence-electron chi connectivity index (χ3n) is 4.39. The van der Waals surface area contributed by atoms with Crippen molar-refractivity contribution in [2.45, 2.75) is 13.0 Å². The highest BCUT2D eigenvalue weighted by atomic mass is 32.1. The van der Waals surface area contributed by atoms with Gasteiger partial charge in [-0.05, 0) is 6.07 Å². The number of carbonyl (C=O) groups is 1. The van der Waals surface area contributed by atoms with Crippen LogP contribution in [0.3, 0.4) is 0 Å². The number of rotatable bonds is 5. The number of thiazole rings is 1. The van der Waals surface area contributed by atoms with E-state index in [1.165, 1.54) is 11.3 Å². The summed E-state index contributed by atoms with van der Waals surface area (Å²) in [4.78, 5) is 31.0. The maximum Gasteiger partial charge on any atom is 0.272 e. The highest BCUT2D eigenvalue weighted by molar-refractivity contribution is 7.13. The van der Waals surface area contributed by atoms with Gasteiger partial charge in [-0.25, -0.2) is 10.1 Å². The van der Waals surface area contributed by atoms with Gasteiger partial charge in [-0.15, -0.1) is 11.3 Å².